The van der Waals surface area contributed by atoms with Gasteiger partial charge in [0, 0.05) is 13.0 Å². The molecule has 4 atom stereocenters. The number of guanidine groups is 1. The highest BCUT2D eigenvalue weighted by Crippen LogP contribution is 2.08. The van der Waals surface area contributed by atoms with Crippen molar-refractivity contribution in [2.24, 2.45) is 28.1 Å². The highest BCUT2D eigenvalue weighted by molar-refractivity contribution is 7.98. The molecule has 15 heteroatoms. The van der Waals surface area contributed by atoms with Crippen molar-refractivity contribution in [2.75, 3.05) is 18.6 Å². The molecular weight excluding hydrogens is 494 g/mol. The number of thioether (sulfide) groups is 1. The molecule has 0 bridgehead atoms. The van der Waals surface area contributed by atoms with Crippen LogP contribution >= 0.6 is 11.8 Å². The van der Waals surface area contributed by atoms with Gasteiger partial charge in [-0.15, -0.1) is 0 Å². The summed E-state index contributed by atoms with van der Waals surface area (Å²) in [6.45, 7) is 3.46. The third kappa shape index (κ3) is 13.7. The van der Waals surface area contributed by atoms with Crippen LogP contribution in [0.2, 0.25) is 0 Å². The van der Waals surface area contributed by atoms with E-state index in [4.69, 9.17) is 22.3 Å². The quantitative estimate of drug-likeness (QED) is 0.0553. The molecule has 3 amide bonds. The van der Waals surface area contributed by atoms with Crippen molar-refractivity contribution >= 4 is 47.4 Å². The molecule has 0 aromatic heterocycles. The summed E-state index contributed by atoms with van der Waals surface area (Å²) in [7, 11) is 0. The molecular formula is C21H39N7O7S. The number of carboxylic acids is 2. The maximum Gasteiger partial charge on any atom is 0.326 e. The van der Waals surface area contributed by atoms with E-state index in [0.717, 1.165) is 0 Å². The van der Waals surface area contributed by atoms with Gasteiger partial charge in [0.1, 0.15) is 18.1 Å². The van der Waals surface area contributed by atoms with Gasteiger partial charge >= 0.3 is 11.9 Å². The molecule has 0 spiro atoms. The van der Waals surface area contributed by atoms with Crippen molar-refractivity contribution in [3.05, 3.63) is 0 Å². The fourth-order valence-electron chi connectivity index (χ4n) is 3.01. The monoisotopic (exact) mass is 533 g/mol. The molecule has 36 heavy (non-hydrogen) atoms. The lowest BCUT2D eigenvalue weighted by molar-refractivity contribution is -0.143. The summed E-state index contributed by atoms with van der Waals surface area (Å²) in [5.74, 6) is -4.42. The third-order valence-corrected chi connectivity index (χ3v) is 5.70. The van der Waals surface area contributed by atoms with Crippen LogP contribution < -0.4 is 33.2 Å². The van der Waals surface area contributed by atoms with Crippen LogP contribution in [-0.2, 0) is 24.0 Å². The second kappa shape index (κ2) is 17.4. The van der Waals surface area contributed by atoms with E-state index in [1.165, 1.54) is 11.8 Å². The summed E-state index contributed by atoms with van der Waals surface area (Å²) >= 11 is 1.44. The minimum Gasteiger partial charge on any atom is -0.481 e. The van der Waals surface area contributed by atoms with Crippen LogP contribution in [0.4, 0.5) is 0 Å². The smallest absolute Gasteiger partial charge is 0.326 e. The number of hydrogen-bond donors (Lipinski definition) is 8. The van der Waals surface area contributed by atoms with E-state index in [0.29, 0.717) is 12.2 Å². The Labute approximate surface area is 214 Å². The van der Waals surface area contributed by atoms with E-state index in [2.05, 4.69) is 20.9 Å². The van der Waals surface area contributed by atoms with Crippen LogP contribution in [0.3, 0.4) is 0 Å². The molecule has 0 radical (unpaired) electrons. The maximum atomic E-state index is 13.1. The molecule has 4 unspecified atom stereocenters. The minimum atomic E-state index is -1.20. The Kier molecular flexibility index (Phi) is 15.9. The lowest BCUT2D eigenvalue weighted by Gasteiger charge is -2.26. The molecule has 11 N–H and O–H groups in total. The maximum absolute atomic E-state index is 13.1. The Morgan fingerprint density at radius 1 is 0.889 bits per heavy atom. The van der Waals surface area contributed by atoms with Gasteiger partial charge in [0.25, 0.3) is 0 Å². The first-order valence-electron chi connectivity index (χ1n) is 11.5. The van der Waals surface area contributed by atoms with Crippen molar-refractivity contribution < 1.29 is 34.2 Å². The zero-order chi connectivity index (χ0) is 27.8. The Balaban J connectivity index is 5.56. The molecule has 0 heterocycles. The number of nitrogens with one attached hydrogen (secondary N) is 3. The highest BCUT2D eigenvalue weighted by atomic mass is 32.2. The molecule has 0 aliphatic rings. The van der Waals surface area contributed by atoms with Crippen molar-refractivity contribution in [3.63, 3.8) is 0 Å². The van der Waals surface area contributed by atoms with Crippen molar-refractivity contribution in [1.82, 2.24) is 16.0 Å². The van der Waals surface area contributed by atoms with Gasteiger partial charge in [0.15, 0.2) is 5.96 Å². The van der Waals surface area contributed by atoms with E-state index < -0.39 is 59.7 Å². The van der Waals surface area contributed by atoms with Crippen LogP contribution in [-0.4, -0.2) is 88.6 Å². The summed E-state index contributed by atoms with van der Waals surface area (Å²) in [6, 6.07) is -4.48. The summed E-state index contributed by atoms with van der Waals surface area (Å²) < 4.78 is 0. The van der Waals surface area contributed by atoms with Gasteiger partial charge in [-0.25, -0.2) is 4.79 Å². The fraction of sp³-hybridized carbons (Fsp3) is 0.714. The van der Waals surface area contributed by atoms with Gasteiger partial charge < -0.3 is 43.4 Å². The topological polar surface area (TPSA) is 252 Å². The Morgan fingerprint density at radius 2 is 1.44 bits per heavy atom. The van der Waals surface area contributed by atoms with Crippen LogP contribution in [0.15, 0.2) is 4.99 Å². The summed E-state index contributed by atoms with van der Waals surface area (Å²) in [4.78, 5) is 64.5. The SMILES string of the molecule is CSCCC(NC(=O)C(CCCN=C(N)N)NC(=O)C(N)CCC(=O)O)C(=O)NC(C(=O)O)C(C)C. The minimum absolute atomic E-state index is 0.0978. The van der Waals surface area contributed by atoms with Crippen LogP contribution in [0.25, 0.3) is 0 Å². The molecule has 0 saturated heterocycles. The number of carbonyl (C=O) groups is 5. The molecule has 206 valence electrons. The van der Waals surface area contributed by atoms with Crippen LogP contribution in [0.5, 0.6) is 0 Å². The largest absolute Gasteiger partial charge is 0.481 e. The van der Waals surface area contributed by atoms with E-state index in [9.17, 15) is 29.1 Å². The predicted octanol–water partition coefficient (Wildman–Crippen LogP) is -1.82. The number of aliphatic carboxylic acids is 2. The first-order valence-corrected chi connectivity index (χ1v) is 12.8. The number of carboxylic acid groups (broad SMARTS) is 2. The number of rotatable bonds is 18. The zero-order valence-electron chi connectivity index (χ0n) is 20.9. The van der Waals surface area contributed by atoms with E-state index >= 15 is 0 Å². The lowest BCUT2D eigenvalue weighted by atomic mass is 10.0. The van der Waals surface area contributed by atoms with E-state index in [1.807, 2.05) is 6.26 Å². The van der Waals surface area contributed by atoms with Gasteiger partial charge in [-0.1, -0.05) is 13.8 Å². The van der Waals surface area contributed by atoms with Gasteiger partial charge in [-0.2, -0.15) is 11.8 Å². The number of amides is 3. The van der Waals surface area contributed by atoms with Gasteiger partial charge in [0.05, 0.1) is 6.04 Å². The van der Waals surface area contributed by atoms with Crippen molar-refractivity contribution in [2.45, 2.75) is 70.1 Å². The number of carbonyl (C=O) groups excluding carboxylic acids is 3. The second-order valence-electron chi connectivity index (χ2n) is 8.46. The van der Waals surface area contributed by atoms with Crippen LogP contribution in [0.1, 0.15) is 46.0 Å². The molecule has 0 fully saturated rings. The average molecular weight is 534 g/mol. The summed E-state index contributed by atoms with van der Waals surface area (Å²) in [6.07, 6.45) is 1.98. The molecule has 14 nitrogen and oxygen atoms in total. The van der Waals surface area contributed by atoms with Crippen molar-refractivity contribution in [1.29, 1.82) is 0 Å². The first-order chi connectivity index (χ1) is 16.8. The van der Waals surface area contributed by atoms with E-state index in [1.54, 1.807) is 13.8 Å². The normalized spacial score (nSPS) is 14.1. The molecule has 0 rings (SSSR count). The summed E-state index contributed by atoms with van der Waals surface area (Å²) in [5, 5.41) is 25.7. The standard InChI is InChI=1S/C21H39N7O7S/c1-11(2)16(20(34)35)28-19(33)14(8-10-36-3)27-18(32)13(5-4-9-25-21(23)24)26-17(31)12(22)6-7-15(29)30/h11-14,16H,4-10,22H2,1-3H3,(H,26,31)(H,27,32)(H,28,33)(H,29,30)(H,34,35)(H4,23,24,25). The number of nitrogens with zero attached hydrogens (tertiary/aromatic N) is 1. The first kappa shape index (κ1) is 32.9. The number of aliphatic imine (C=N–C) groups is 1. The Morgan fingerprint density at radius 3 is 1.94 bits per heavy atom. The lowest BCUT2D eigenvalue weighted by Crippen LogP contribution is -2.57. The highest BCUT2D eigenvalue weighted by Gasteiger charge is 2.31. The van der Waals surface area contributed by atoms with Gasteiger partial charge in [-0.05, 0) is 43.6 Å². The predicted molar refractivity (Wildman–Crippen MR) is 136 cm³/mol. The zero-order valence-corrected chi connectivity index (χ0v) is 21.7. The molecule has 0 aliphatic carbocycles. The summed E-state index contributed by atoms with van der Waals surface area (Å²) in [5.41, 5.74) is 16.4. The molecule has 0 saturated carbocycles. The second-order valence-corrected chi connectivity index (χ2v) is 9.45. The Bertz CT molecular complexity index is 791. The van der Waals surface area contributed by atoms with Crippen LogP contribution in [0, 0.1) is 5.92 Å². The third-order valence-electron chi connectivity index (χ3n) is 5.06. The number of nitrogens with two attached hydrogens (primary N) is 3. The van der Waals surface area contributed by atoms with E-state index in [-0.39, 0.29) is 38.2 Å². The van der Waals surface area contributed by atoms with Gasteiger partial charge in [-0.3, -0.25) is 24.2 Å². The molecule has 0 aliphatic heterocycles. The number of hydrogen-bond acceptors (Lipinski definition) is 8. The average Bonchev–Trinajstić information content (AvgIpc) is 2.79. The fourth-order valence-corrected chi connectivity index (χ4v) is 3.48. The molecule has 0 aromatic carbocycles. The van der Waals surface area contributed by atoms with Crippen molar-refractivity contribution in [3.8, 4) is 0 Å². The molecule has 0 aromatic rings. The van der Waals surface area contributed by atoms with Gasteiger partial charge in [0.2, 0.25) is 17.7 Å². The Hall–Kier alpha value is -3.07.